The maximum Gasteiger partial charge on any atom is 0.223 e. The van der Waals surface area contributed by atoms with E-state index in [0.717, 1.165) is 25.1 Å². The summed E-state index contributed by atoms with van der Waals surface area (Å²) in [7, 11) is 0. The lowest BCUT2D eigenvalue weighted by molar-refractivity contribution is -0.130. The van der Waals surface area contributed by atoms with Gasteiger partial charge < -0.3 is 9.64 Å². The monoisotopic (exact) mass is 246 g/mol. The van der Waals surface area contributed by atoms with Crippen molar-refractivity contribution in [2.24, 2.45) is 0 Å². The van der Waals surface area contributed by atoms with Crippen molar-refractivity contribution in [2.45, 2.75) is 25.4 Å². The van der Waals surface area contributed by atoms with E-state index in [9.17, 15) is 4.79 Å². The predicted octanol–water partition coefficient (Wildman–Crippen LogP) is 2.03. The number of carbonyl (C=O) groups excluding carboxylic acids is 1. The molecule has 0 aromatic carbocycles. The van der Waals surface area contributed by atoms with Gasteiger partial charge in [-0.15, -0.1) is 6.58 Å². The average molecular weight is 246 g/mol. The molecule has 4 nitrogen and oxygen atoms in total. The Kier molecular flexibility index (Phi) is 4.34. The van der Waals surface area contributed by atoms with E-state index in [4.69, 9.17) is 4.74 Å². The largest absolute Gasteiger partial charge is 0.488 e. The molecule has 0 radical (unpaired) electrons. The number of rotatable bonds is 5. The molecule has 1 amide bonds. The highest BCUT2D eigenvalue weighted by Crippen LogP contribution is 2.18. The van der Waals surface area contributed by atoms with Crippen molar-refractivity contribution >= 4 is 5.91 Å². The summed E-state index contributed by atoms with van der Waals surface area (Å²) in [6.07, 6.45) is 7.46. The fourth-order valence-electron chi connectivity index (χ4n) is 2.04. The fraction of sp³-hybridized carbons (Fsp3) is 0.429. The molecule has 0 spiro atoms. The molecule has 0 saturated carbocycles. The van der Waals surface area contributed by atoms with Crippen LogP contribution in [-0.4, -0.2) is 35.0 Å². The smallest absolute Gasteiger partial charge is 0.223 e. The normalized spacial score (nSPS) is 18.7. The maximum atomic E-state index is 11.8. The first-order valence-electron chi connectivity index (χ1n) is 6.25. The number of likely N-dealkylation sites (tertiary alicyclic amines) is 1. The lowest BCUT2D eigenvalue weighted by Crippen LogP contribution is -2.30. The van der Waals surface area contributed by atoms with Gasteiger partial charge in [-0.3, -0.25) is 9.78 Å². The molecule has 1 aliphatic heterocycles. The van der Waals surface area contributed by atoms with Crippen molar-refractivity contribution in [1.29, 1.82) is 0 Å². The molecule has 1 atom stereocenters. The molecule has 1 fully saturated rings. The topological polar surface area (TPSA) is 42.4 Å². The third kappa shape index (κ3) is 3.32. The first-order chi connectivity index (χ1) is 8.79. The van der Waals surface area contributed by atoms with Gasteiger partial charge in [0.2, 0.25) is 5.91 Å². The minimum Gasteiger partial charge on any atom is -0.488 e. The zero-order valence-electron chi connectivity index (χ0n) is 10.4. The number of allylic oxidation sites excluding steroid dienone is 1. The molecule has 1 aromatic rings. The molecule has 1 aliphatic rings. The van der Waals surface area contributed by atoms with Crippen LogP contribution in [0.15, 0.2) is 37.2 Å². The van der Waals surface area contributed by atoms with Crippen LogP contribution in [0.1, 0.15) is 19.3 Å². The first-order valence-corrected chi connectivity index (χ1v) is 6.25. The lowest BCUT2D eigenvalue weighted by atomic mass is 10.3. The number of carbonyl (C=O) groups is 1. The van der Waals surface area contributed by atoms with Crippen molar-refractivity contribution in [3.8, 4) is 5.75 Å². The van der Waals surface area contributed by atoms with Gasteiger partial charge in [0, 0.05) is 31.8 Å². The second kappa shape index (κ2) is 6.19. The van der Waals surface area contributed by atoms with E-state index < -0.39 is 0 Å². The summed E-state index contributed by atoms with van der Waals surface area (Å²) < 4.78 is 5.81. The maximum absolute atomic E-state index is 11.8. The van der Waals surface area contributed by atoms with Gasteiger partial charge >= 0.3 is 0 Å². The Morgan fingerprint density at radius 3 is 3.06 bits per heavy atom. The molecule has 0 unspecified atom stereocenters. The average Bonchev–Trinajstić information content (AvgIpc) is 2.86. The Bertz CT molecular complexity index is 406. The van der Waals surface area contributed by atoms with Gasteiger partial charge in [0.05, 0.1) is 6.54 Å². The lowest BCUT2D eigenvalue weighted by Gasteiger charge is -2.16. The van der Waals surface area contributed by atoms with Crippen molar-refractivity contribution in [1.82, 2.24) is 9.88 Å². The van der Waals surface area contributed by atoms with Gasteiger partial charge in [-0.1, -0.05) is 6.08 Å². The van der Waals surface area contributed by atoms with Crippen LogP contribution in [-0.2, 0) is 4.79 Å². The molecule has 1 aromatic heterocycles. The highest BCUT2D eigenvalue weighted by atomic mass is 16.5. The Morgan fingerprint density at radius 2 is 2.33 bits per heavy atom. The molecule has 2 rings (SSSR count). The van der Waals surface area contributed by atoms with Gasteiger partial charge in [0.1, 0.15) is 11.9 Å². The molecule has 4 heteroatoms. The number of nitrogens with zero attached hydrogens (tertiary/aromatic N) is 2. The van der Waals surface area contributed by atoms with Crippen molar-refractivity contribution in [2.75, 3.05) is 13.1 Å². The predicted molar refractivity (Wildman–Crippen MR) is 69.3 cm³/mol. The molecule has 0 aliphatic carbocycles. The van der Waals surface area contributed by atoms with E-state index in [1.165, 1.54) is 0 Å². The number of aromatic nitrogens is 1. The Balaban J connectivity index is 1.81. The summed E-state index contributed by atoms with van der Waals surface area (Å²) in [4.78, 5) is 17.6. The number of pyridine rings is 1. The summed E-state index contributed by atoms with van der Waals surface area (Å²) in [6, 6.07) is 3.67. The SMILES string of the molecule is C=CCCC(=O)N1CC[C@H](Oc2ccncc2)C1. The van der Waals surface area contributed by atoms with E-state index >= 15 is 0 Å². The van der Waals surface area contributed by atoms with Crippen LogP contribution in [0.25, 0.3) is 0 Å². The summed E-state index contributed by atoms with van der Waals surface area (Å²) in [5.74, 6) is 1.01. The Hall–Kier alpha value is -1.84. The van der Waals surface area contributed by atoms with E-state index in [0.29, 0.717) is 13.0 Å². The number of amides is 1. The van der Waals surface area contributed by atoms with Gasteiger partial charge in [0.15, 0.2) is 0 Å². The van der Waals surface area contributed by atoms with E-state index in [1.54, 1.807) is 18.5 Å². The summed E-state index contributed by atoms with van der Waals surface area (Å²) in [5, 5.41) is 0. The van der Waals surface area contributed by atoms with Gasteiger partial charge in [0.25, 0.3) is 0 Å². The third-order valence-electron chi connectivity index (χ3n) is 3.01. The van der Waals surface area contributed by atoms with Crippen LogP contribution in [0, 0.1) is 0 Å². The van der Waals surface area contributed by atoms with Crippen molar-refractivity contribution in [3.63, 3.8) is 0 Å². The summed E-state index contributed by atoms with van der Waals surface area (Å²) in [5.41, 5.74) is 0. The molecule has 0 N–H and O–H groups in total. The number of hydrogen-bond donors (Lipinski definition) is 0. The summed E-state index contributed by atoms with van der Waals surface area (Å²) in [6.45, 7) is 5.09. The van der Waals surface area contributed by atoms with Crippen molar-refractivity contribution < 1.29 is 9.53 Å². The Labute approximate surface area is 107 Å². The first kappa shape index (κ1) is 12.6. The molecular formula is C14H18N2O2. The van der Waals surface area contributed by atoms with Gasteiger partial charge in [-0.05, 0) is 18.6 Å². The molecule has 96 valence electrons. The minimum absolute atomic E-state index is 0.0973. The molecule has 18 heavy (non-hydrogen) atoms. The van der Waals surface area contributed by atoms with Crippen molar-refractivity contribution in [3.05, 3.63) is 37.2 Å². The van der Waals surface area contributed by atoms with Crippen LogP contribution in [0.3, 0.4) is 0 Å². The van der Waals surface area contributed by atoms with Gasteiger partial charge in [-0.2, -0.15) is 0 Å². The van der Waals surface area contributed by atoms with Gasteiger partial charge in [-0.25, -0.2) is 0 Å². The molecular weight excluding hydrogens is 228 g/mol. The van der Waals surface area contributed by atoms with Crippen LogP contribution in [0.5, 0.6) is 5.75 Å². The third-order valence-corrected chi connectivity index (χ3v) is 3.01. The van der Waals surface area contributed by atoms with Crippen LogP contribution in [0.4, 0.5) is 0 Å². The van der Waals surface area contributed by atoms with E-state index in [1.807, 2.05) is 17.0 Å². The summed E-state index contributed by atoms with van der Waals surface area (Å²) >= 11 is 0. The Morgan fingerprint density at radius 1 is 1.56 bits per heavy atom. The number of hydrogen-bond acceptors (Lipinski definition) is 3. The quantitative estimate of drug-likeness (QED) is 0.746. The van der Waals surface area contributed by atoms with Crippen LogP contribution >= 0.6 is 0 Å². The van der Waals surface area contributed by atoms with Crippen LogP contribution in [0.2, 0.25) is 0 Å². The van der Waals surface area contributed by atoms with E-state index in [-0.39, 0.29) is 12.0 Å². The minimum atomic E-state index is 0.0973. The zero-order valence-corrected chi connectivity index (χ0v) is 10.4. The highest BCUT2D eigenvalue weighted by Gasteiger charge is 2.26. The molecule has 1 saturated heterocycles. The fourth-order valence-corrected chi connectivity index (χ4v) is 2.04. The zero-order chi connectivity index (χ0) is 12.8. The standard InChI is InChI=1S/C14H18N2O2/c1-2-3-4-14(17)16-10-7-13(11-16)18-12-5-8-15-9-6-12/h2,5-6,8-9,13H,1,3-4,7,10-11H2/t13-/m0/s1. The molecule has 2 heterocycles. The second-order valence-corrected chi connectivity index (χ2v) is 4.38. The number of ether oxygens (including phenoxy) is 1. The molecule has 0 bridgehead atoms. The second-order valence-electron chi connectivity index (χ2n) is 4.38. The van der Waals surface area contributed by atoms with Crippen LogP contribution < -0.4 is 4.74 Å². The van der Waals surface area contributed by atoms with E-state index in [2.05, 4.69) is 11.6 Å². The highest BCUT2D eigenvalue weighted by molar-refractivity contribution is 5.76.